The standard InChI is InChI=1S/C16H12F4N2O2/c1-9(23)21-12-5-6-13(17)14(8-12)22-15(24)10-3-2-4-11(7-10)16(18,19)20/h2-8H,1H3,(H,21,23)(H,22,24). The zero-order valence-corrected chi connectivity index (χ0v) is 12.4. The lowest BCUT2D eigenvalue weighted by Crippen LogP contribution is -2.15. The molecule has 0 heterocycles. The molecule has 0 aliphatic carbocycles. The monoisotopic (exact) mass is 340 g/mol. The summed E-state index contributed by atoms with van der Waals surface area (Å²) in [4.78, 5) is 23.0. The second-order valence-corrected chi connectivity index (χ2v) is 4.91. The summed E-state index contributed by atoms with van der Waals surface area (Å²) in [6.07, 6.45) is -4.59. The molecule has 0 bridgehead atoms. The van der Waals surface area contributed by atoms with E-state index in [4.69, 9.17) is 0 Å². The van der Waals surface area contributed by atoms with Crippen molar-refractivity contribution in [3.63, 3.8) is 0 Å². The van der Waals surface area contributed by atoms with E-state index < -0.39 is 29.4 Å². The Kier molecular flexibility index (Phi) is 4.87. The molecule has 0 aliphatic heterocycles. The Morgan fingerprint density at radius 1 is 1.00 bits per heavy atom. The highest BCUT2D eigenvalue weighted by Gasteiger charge is 2.30. The van der Waals surface area contributed by atoms with Gasteiger partial charge in [-0.05, 0) is 36.4 Å². The molecular formula is C16H12F4N2O2. The molecule has 0 unspecified atom stereocenters. The molecule has 0 spiro atoms. The van der Waals surface area contributed by atoms with Crippen molar-refractivity contribution < 1.29 is 27.2 Å². The van der Waals surface area contributed by atoms with Gasteiger partial charge in [-0.3, -0.25) is 9.59 Å². The van der Waals surface area contributed by atoms with Crippen LogP contribution in [0.15, 0.2) is 42.5 Å². The van der Waals surface area contributed by atoms with Crippen molar-refractivity contribution in [3.05, 3.63) is 59.4 Å². The number of hydrogen-bond acceptors (Lipinski definition) is 2. The first-order valence-corrected chi connectivity index (χ1v) is 6.72. The Balaban J connectivity index is 2.25. The van der Waals surface area contributed by atoms with Gasteiger partial charge in [-0.25, -0.2) is 4.39 Å². The fourth-order valence-corrected chi connectivity index (χ4v) is 1.93. The van der Waals surface area contributed by atoms with Gasteiger partial charge in [0.05, 0.1) is 11.3 Å². The maximum absolute atomic E-state index is 13.7. The smallest absolute Gasteiger partial charge is 0.326 e. The van der Waals surface area contributed by atoms with Crippen molar-refractivity contribution in [1.82, 2.24) is 0 Å². The van der Waals surface area contributed by atoms with Crippen LogP contribution >= 0.6 is 0 Å². The number of nitrogens with one attached hydrogen (secondary N) is 2. The summed E-state index contributed by atoms with van der Waals surface area (Å²) >= 11 is 0. The van der Waals surface area contributed by atoms with Crippen LogP contribution < -0.4 is 10.6 Å². The average molecular weight is 340 g/mol. The number of alkyl halides is 3. The lowest BCUT2D eigenvalue weighted by Gasteiger charge is -2.11. The van der Waals surface area contributed by atoms with Gasteiger partial charge < -0.3 is 10.6 Å². The van der Waals surface area contributed by atoms with Crippen molar-refractivity contribution in [2.75, 3.05) is 10.6 Å². The van der Waals surface area contributed by atoms with Crippen molar-refractivity contribution >= 4 is 23.2 Å². The molecule has 0 radical (unpaired) electrons. The van der Waals surface area contributed by atoms with E-state index in [-0.39, 0.29) is 16.9 Å². The highest BCUT2D eigenvalue weighted by molar-refractivity contribution is 6.04. The molecule has 4 nitrogen and oxygen atoms in total. The van der Waals surface area contributed by atoms with E-state index in [9.17, 15) is 27.2 Å². The van der Waals surface area contributed by atoms with Crippen LogP contribution in [0.2, 0.25) is 0 Å². The second kappa shape index (κ2) is 6.69. The second-order valence-electron chi connectivity index (χ2n) is 4.91. The summed E-state index contributed by atoms with van der Waals surface area (Å²) < 4.78 is 51.7. The number of benzene rings is 2. The van der Waals surface area contributed by atoms with Crippen LogP contribution in [0, 0.1) is 5.82 Å². The van der Waals surface area contributed by atoms with Gasteiger partial charge >= 0.3 is 6.18 Å². The molecule has 2 N–H and O–H groups in total. The molecule has 126 valence electrons. The number of carbonyl (C=O) groups excluding carboxylic acids is 2. The number of carbonyl (C=O) groups is 2. The van der Waals surface area contributed by atoms with E-state index in [1.165, 1.54) is 25.1 Å². The minimum atomic E-state index is -4.59. The van der Waals surface area contributed by atoms with Gasteiger partial charge in [0.15, 0.2) is 0 Å². The normalized spacial score (nSPS) is 11.0. The predicted molar refractivity (Wildman–Crippen MR) is 80.1 cm³/mol. The summed E-state index contributed by atoms with van der Waals surface area (Å²) in [5.41, 5.74) is -1.27. The predicted octanol–water partition coefficient (Wildman–Crippen LogP) is 4.06. The Morgan fingerprint density at radius 2 is 1.71 bits per heavy atom. The van der Waals surface area contributed by atoms with Gasteiger partial charge in [0.2, 0.25) is 5.91 Å². The van der Waals surface area contributed by atoms with Gasteiger partial charge in [0.25, 0.3) is 5.91 Å². The maximum Gasteiger partial charge on any atom is 0.416 e. The lowest BCUT2D eigenvalue weighted by molar-refractivity contribution is -0.137. The SMILES string of the molecule is CC(=O)Nc1ccc(F)c(NC(=O)c2cccc(C(F)(F)F)c2)c1. The van der Waals surface area contributed by atoms with Crippen molar-refractivity contribution in [1.29, 1.82) is 0 Å². The first-order valence-electron chi connectivity index (χ1n) is 6.72. The first-order chi connectivity index (χ1) is 11.2. The Bertz CT molecular complexity index is 788. The van der Waals surface area contributed by atoms with Crippen molar-refractivity contribution in [2.45, 2.75) is 13.1 Å². The average Bonchev–Trinajstić information content (AvgIpc) is 2.49. The van der Waals surface area contributed by atoms with E-state index in [0.29, 0.717) is 6.07 Å². The zero-order valence-electron chi connectivity index (χ0n) is 12.4. The van der Waals surface area contributed by atoms with Crippen LogP contribution in [0.5, 0.6) is 0 Å². The van der Waals surface area contributed by atoms with E-state index in [1.807, 2.05) is 0 Å². The molecule has 2 rings (SSSR count). The molecule has 2 amide bonds. The largest absolute Gasteiger partial charge is 0.416 e. The molecule has 8 heteroatoms. The summed E-state index contributed by atoms with van der Waals surface area (Å²) in [7, 11) is 0. The number of amides is 2. The molecule has 0 saturated carbocycles. The first kappa shape index (κ1) is 17.5. The van der Waals surface area contributed by atoms with Crippen LogP contribution in [0.1, 0.15) is 22.8 Å². The topological polar surface area (TPSA) is 58.2 Å². The maximum atomic E-state index is 13.7. The summed E-state index contributed by atoms with van der Waals surface area (Å²) in [5.74, 6) is -2.08. The van der Waals surface area contributed by atoms with Crippen LogP contribution in [0.25, 0.3) is 0 Å². The van der Waals surface area contributed by atoms with E-state index in [0.717, 1.165) is 18.2 Å². The Hall–Kier alpha value is -2.90. The minimum absolute atomic E-state index is 0.239. The summed E-state index contributed by atoms with van der Waals surface area (Å²) in [6.45, 7) is 1.25. The quantitative estimate of drug-likeness (QED) is 0.828. The number of anilines is 2. The van der Waals surface area contributed by atoms with Crippen LogP contribution in [-0.2, 0) is 11.0 Å². The number of halogens is 4. The number of rotatable bonds is 3. The molecule has 0 fully saturated rings. The fraction of sp³-hybridized carbons (Fsp3) is 0.125. The summed E-state index contributed by atoms with van der Waals surface area (Å²) in [6, 6.07) is 7.24. The van der Waals surface area contributed by atoms with E-state index in [1.54, 1.807) is 0 Å². The molecule has 2 aromatic carbocycles. The van der Waals surface area contributed by atoms with Crippen LogP contribution in [0.4, 0.5) is 28.9 Å². The van der Waals surface area contributed by atoms with Gasteiger partial charge in [0.1, 0.15) is 5.82 Å². The van der Waals surface area contributed by atoms with Crippen molar-refractivity contribution in [2.24, 2.45) is 0 Å². The van der Waals surface area contributed by atoms with Gasteiger partial charge in [-0.2, -0.15) is 13.2 Å². The molecule has 24 heavy (non-hydrogen) atoms. The lowest BCUT2D eigenvalue weighted by atomic mass is 10.1. The fourth-order valence-electron chi connectivity index (χ4n) is 1.93. The van der Waals surface area contributed by atoms with E-state index >= 15 is 0 Å². The molecular weight excluding hydrogens is 328 g/mol. The minimum Gasteiger partial charge on any atom is -0.326 e. The number of hydrogen-bond donors (Lipinski definition) is 2. The van der Waals surface area contributed by atoms with Gasteiger partial charge in [0, 0.05) is 18.2 Å². The van der Waals surface area contributed by atoms with Gasteiger partial charge in [-0.15, -0.1) is 0 Å². The van der Waals surface area contributed by atoms with Crippen LogP contribution in [0.3, 0.4) is 0 Å². The van der Waals surface area contributed by atoms with Crippen LogP contribution in [-0.4, -0.2) is 11.8 Å². The summed E-state index contributed by atoms with van der Waals surface area (Å²) in [5, 5.41) is 4.59. The molecule has 0 aromatic heterocycles. The highest BCUT2D eigenvalue weighted by Crippen LogP contribution is 2.30. The Morgan fingerprint density at radius 3 is 2.33 bits per heavy atom. The Labute approximate surface area is 134 Å². The van der Waals surface area contributed by atoms with Gasteiger partial charge in [-0.1, -0.05) is 6.07 Å². The third-order valence-corrected chi connectivity index (χ3v) is 2.99. The molecule has 0 saturated heterocycles. The molecule has 2 aromatic rings. The third-order valence-electron chi connectivity index (χ3n) is 2.99. The third kappa shape index (κ3) is 4.31. The molecule has 0 atom stereocenters. The highest BCUT2D eigenvalue weighted by atomic mass is 19.4. The van der Waals surface area contributed by atoms with Crippen molar-refractivity contribution in [3.8, 4) is 0 Å². The van der Waals surface area contributed by atoms with E-state index in [2.05, 4.69) is 10.6 Å². The zero-order chi connectivity index (χ0) is 17.9. The molecule has 0 aliphatic rings.